The van der Waals surface area contributed by atoms with Gasteiger partial charge in [0.05, 0.1) is 0 Å². The van der Waals surface area contributed by atoms with Crippen molar-refractivity contribution in [2.75, 3.05) is 0 Å². The molecule has 92 valence electrons. The van der Waals surface area contributed by atoms with Crippen molar-refractivity contribution in [2.24, 2.45) is 15.8 Å². The molecular formula is C15H27N. The highest BCUT2D eigenvalue weighted by Crippen LogP contribution is 2.29. The quantitative estimate of drug-likeness (QED) is 0.470. The number of allylic oxidation sites excluding steroid dienone is 3. The molecule has 0 fully saturated rings. The van der Waals surface area contributed by atoms with E-state index in [2.05, 4.69) is 55.0 Å². The molecule has 16 heavy (non-hydrogen) atoms. The maximum Gasteiger partial charge on any atom is 0.0456 e. The summed E-state index contributed by atoms with van der Waals surface area (Å²) >= 11 is 0. The zero-order valence-corrected chi connectivity index (χ0v) is 12.0. The summed E-state index contributed by atoms with van der Waals surface area (Å²) in [7, 11) is 0. The average molecular weight is 221 g/mol. The Balaban J connectivity index is 5.36. The molecule has 0 aromatic heterocycles. The van der Waals surface area contributed by atoms with Crippen molar-refractivity contribution in [1.82, 2.24) is 0 Å². The molecule has 0 aromatic rings. The maximum atomic E-state index is 4.83. The first kappa shape index (κ1) is 15.2. The van der Waals surface area contributed by atoms with Gasteiger partial charge in [0.15, 0.2) is 0 Å². The SMILES string of the molecule is C=C/C=C(\N=C(/CC)C(C)(C)C)C(C)(C)C. The van der Waals surface area contributed by atoms with Gasteiger partial charge in [0, 0.05) is 22.2 Å². The number of hydrogen-bond acceptors (Lipinski definition) is 1. The van der Waals surface area contributed by atoms with Crippen LogP contribution in [0.4, 0.5) is 0 Å². The third-order valence-corrected chi connectivity index (χ3v) is 2.50. The minimum absolute atomic E-state index is 0.0693. The first-order chi connectivity index (χ1) is 7.12. The largest absolute Gasteiger partial charge is 0.261 e. The van der Waals surface area contributed by atoms with Crippen LogP contribution in [0.3, 0.4) is 0 Å². The lowest BCUT2D eigenvalue weighted by molar-refractivity contribution is 0.493. The Hall–Kier alpha value is -0.850. The van der Waals surface area contributed by atoms with Crippen LogP contribution in [0, 0.1) is 10.8 Å². The van der Waals surface area contributed by atoms with E-state index in [4.69, 9.17) is 4.99 Å². The molecule has 0 bridgehead atoms. The van der Waals surface area contributed by atoms with Gasteiger partial charge in [-0.05, 0) is 12.5 Å². The van der Waals surface area contributed by atoms with Gasteiger partial charge in [-0.25, -0.2) is 0 Å². The Morgan fingerprint density at radius 2 is 1.56 bits per heavy atom. The third kappa shape index (κ3) is 4.78. The molecule has 0 saturated heterocycles. The summed E-state index contributed by atoms with van der Waals surface area (Å²) in [5.41, 5.74) is 2.56. The second kappa shape index (κ2) is 5.47. The zero-order chi connectivity index (χ0) is 13.0. The molecule has 0 aliphatic carbocycles. The summed E-state index contributed by atoms with van der Waals surface area (Å²) in [5, 5.41) is 0. The van der Waals surface area contributed by atoms with E-state index in [1.807, 2.05) is 12.2 Å². The molecule has 0 radical (unpaired) electrons. The average Bonchev–Trinajstić information content (AvgIpc) is 2.07. The van der Waals surface area contributed by atoms with Gasteiger partial charge in [-0.15, -0.1) is 0 Å². The van der Waals surface area contributed by atoms with Crippen molar-refractivity contribution >= 4 is 5.71 Å². The Morgan fingerprint density at radius 1 is 1.06 bits per heavy atom. The van der Waals surface area contributed by atoms with Crippen LogP contribution in [0.5, 0.6) is 0 Å². The van der Waals surface area contributed by atoms with Crippen molar-refractivity contribution in [2.45, 2.75) is 54.9 Å². The van der Waals surface area contributed by atoms with Crippen LogP contribution in [0.25, 0.3) is 0 Å². The van der Waals surface area contributed by atoms with E-state index in [1.54, 1.807) is 0 Å². The van der Waals surface area contributed by atoms with Gasteiger partial charge in [0.25, 0.3) is 0 Å². The van der Waals surface area contributed by atoms with Gasteiger partial charge in [-0.3, -0.25) is 4.99 Å². The minimum atomic E-state index is 0.0693. The highest BCUT2D eigenvalue weighted by Gasteiger charge is 2.21. The molecule has 0 aliphatic rings. The van der Waals surface area contributed by atoms with Gasteiger partial charge >= 0.3 is 0 Å². The molecular weight excluding hydrogens is 194 g/mol. The zero-order valence-electron chi connectivity index (χ0n) is 12.0. The Bertz CT molecular complexity index is 292. The van der Waals surface area contributed by atoms with Crippen molar-refractivity contribution in [1.29, 1.82) is 0 Å². The molecule has 0 aliphatic heterocycles. The van der Waals surface area contributed by atoms with Gasteiger partial charge in [0.1, 0.15) is 0 Å². The number of aliphatic imine (C=N–C) groups is 1. The van der Waals surface area contributed by atoms with Crippen LogP contribution < -0.4 is 0 Å². The van der Waals surface area contributed by atoms with Crippen LogP contribution in [0.2, 0.25) is 0 Å². The molecule has 1 heteroatoms. The molecule has 0 amide bonds. The molecule has 0 atom stereocenters. The van der Waals surface area contributed by atoms with E-state index < -0.39 is 0 Å². The number of rotatable bonds is 3. The highest BCUT2D eigenvalue weighted by atomic mass is 14.8. The summed E-state index contributed by atoms with van der Waals surface area (Å²) in [4.78, 5) is 4.83. The fourth-order valence-corrected chi connectivity index (χ4v) is 1.49. The van der Waals surface area contributed by atoms with Gasteiger partial charge < -0.3 is 0 Å². The molecule has 0 N–H and O–H groups in total. The topological polar surface area (TPSA) is 12.4 Å². The van der Waals surface area contributed by atoms with Crippen molar-refractivity contribution < 1.29 is 0 Å². The lowest BCUT2D eigenvalue weighted by atomic mass is 9.86. The van der Waals surface area contributed by atoms with Crippen LogP contribution in [-0.2, 0) is 0 Å². The predicted molar refractivity (Wildman–Crippen MR) is 74.9 cm³/mol. The van der Waals surface area contributed by atoms with Crippen LogP contribution in [0.15, 0.2) is 29.4 Å². The molecule has 0 spiro atoms. The summed E-state index contributed by atoms with van der Waals surface area (Å²) in [6.45, 7) is 19.1. The van der Waals surface area contributed by atoms with Gasteiger partial charge in [-0.1, -0.05) is 61.1 Å². The Labute approximate surface area is 101 Å². The van der Waals surface area contributed by atoms with Crippen LogP contribution >= 0.6 is 0 Å². The fraction of sp³-hybridized carbons (Fsp3) is 0.667. The van der Waals surface area contributed by atoms with Crippen LogP contribution in [0.1, 0.15) is 54.9 Å². The summed E-state index contributed by atoms with van der Waals surface area (Å²) in [6, 6.07) is 0. The smallest absolute Gasteiger partial charge is 0.0456 e. The minimum Gasteiger partial charge on any atom is -0.261 e. The number of nitrogens with zero attached hydrogens (tertiary/aromatic N) is 1. The summed E-state index contributed by atoms with van der Waals surface area (Å²) < 4.78 is 0. The molecule has 1 nitrogen and oxygen atoms in total. The highest BCUT2D eigenvalue weighted by molar-refractivity contribution is 5.89. The lowest BCUT2D eigenvalue weighted by Crippen LogP contribution is -2.21. The molecule has 0 rings (SSSR count). The van der Waals surface area contributed by atoms with E-state index in [0.29, 0.717) is 0 Å². The molecule has 0 saturated carbocycles. The van der Waals surface area contributed by atoms with Crippen molar-refractivity contribution in [3.8, 4) is 0 Å². The van der Waals surface area contributed by atoms with E-state index in [9.17, 15) is 0 Å². The van der Waals surface area contributed by atoms with Crippen molar-refractivity contribution in [3.05, 3.63) is 24.4 Å². The van der Waals surface area contributed by atoms with Crippen LogP contribution in [-0.4, -0.2) is 5.71 Å². The molecule has 0 heterocycles. The van der Waals surface area contributed by atoms with E-state index >= 15 is 0 Å². The molecule has 0 unspecified atom stereocenters. The standard InChI is InChI=1S/C15H27N/c1-9-11-13(15(6,7)8)16-12(10-2)14(3,4)5/h9,11H,1,10H2,2-8H3/b13-11-,16-12+. The molecule has 0 aromatic carbocycles. The van der Waals surface area contributed by atoms with Gasteiger partial charge in [-0.2, -0.15) is 0 Å². The second-order valence-electron chi connectivity index (χ2n) is 6.20. The Morgan fingerprint density at radius 3 is 1.81 bits per heavy atom. The fourth-order valence-electron chi connectivity index (χ4n) is 1.49. The first-order valence-corrected chi connectivity index (χ1v) is 6.04. The third-order valence-electron chi connectivity index (χ3n) is 2.50. The maximum absolute atomic E-state index is 4.83. The summed E-state index contributed by atoms with van der Waals surface area (Å²) in [6.07, 6.45) is 4.83. The van der Waals surface area contributed by atoms with E-state index in [1.165, 1.54) is 5.71 Å². The van der Waals surface area contributed by atoms with Crippen molar-refractivity contribution in [3.63, 3.8) is 0 Å². The lowest BCUT2D eigenvalue weighted by Gasteiger charge is -2.25. The number of hydrogen-bond donors (Lipinski definition) is 0. The first-order valence-electron chi connectivity index (χ1n) is 6.04. The second-order valence-corrected chi connectivity index (χ2v) is 6.20. The normalized spacial score (nSPS) is 15.2. The Kier molecular flexibility index (Phi) is 5.18. The van der Waals surface area contributed by atoms with E-state index in [-0.39, 0.29) is 10.8 Å². The summed E-state index contributed by atoms with van der Waals surface area (Å²) in [5.74, 6) is 0. The predicted octanol–water partition coefficient (Wildman–Crippen LogP) is 5.00. The monoisotopic (exact) mass is 221 g/mol. The van der Waals surface area contributed by atoms with Gasteiger partial charge in [0.2, 0.25) is 0 Å². The van der Waals surface area contributed by atoms with E-state index in [0.717, 1.165) is 12.1 Å².